The first-order chi connectivity index (χ1) is 10.3. The van der Waals surface area contributed by atoms with Crippen LogP contribution in [-0.4, -0.2) is 30.6 Å². The molecule has 116 valence electrons. The van der Waals surface area contributed by atoms with E-state index in [1.54, 1.807) is 0 Å². The van der Waals surface area contributed by atoms with Gasteiger partial charge in [-0.3, -0.25) is 0 Å². The highest BCUT2D eigenvalue weighted by Gasteiger charge is 2.26. The number of piperidine rings is 1. The molecule has 3 rings (SSSR count). The zero-order valence-electron chi connectivity index (χ0n) is 13.1. The lowest BCUT2D eigenvalue weighted by Gasteiger charge is -2.34. The molecule has 2 aliphatic rings. The van der Waals surface area contributed by atoms with Crippen LogP contribution in [0.4, 0.5) is 0 Å². The summed E-state index contributed by atoms with van der Waals surface area (Å²) in [5.41, 5.74) is 3.06. The molecule has 0 saturated carbocycles. The Kier molecular flexibility index (Phi) is 5.36. The van der Waals surface area contributed by atoms with Crippen LogP contribution < -0.4 is 5.32 Å². The molecule has 0 bridgehead atoms. The van der Waals surface area contributed by atoms with Gasteiger partial charge in [0.2, 0.25) is 0 Å². The summed E-state index contributed by atoms with van der Waals surface area (Å²) in [5, 5.41) is 3.93. The van der Waals surface area contributed by atoms with E-state index in [2.05, 4.69) is 51.3 Å². The molecule has 2 nitrogen and oxygen atoms in total. The number of unbranched alkanes of at least 4 members (excludes halogenated alkanes) is 1. The Morgan fingerprint density at radius 1 is 1.24 bits per heavy atom. The first kappa shape index (κ1) is 15.5. The maximum absolute atomic E-state index is 3.93. The number of likely N-dealkylation sites (tertiary alicyclic amines) is 1. The van der Waals surface area contributed by atoms with Crippen LogP contribution in [0.3, 0.4) is 0 Å². The van der Waals surface area contributed by atoms with Gasteiger partial charge in [-0.1, -0.05) is 35.3 Å². The van der Waals surface area contributed by atoms with E-state index in [1.807, 2.05) is 0 Å². The molecule has 1 aliphatic heterocycles. The third kappa shape index (κ3) is 3.88. The number of rotatable bonds is 5. The molecule has 0 radical (unpaired) electrons. The van der Waals surface area contributed by atoms with Crippen LogP contribution in [0, 0.1) is 0 Å². The molecule has 1 heterocycles. The summed E-state index contributed by atoms with van der Waals surface area (Å²) < 4.78 is 1.21. The first-order valence-electron chi connectivity index (χ1n) is 8.53. The summed E-state index contributed by atoms with van der Waals surface area (Å²) in [6, 6.07) is 8.08. The van der Waals surface area contributed by atoms with Crippen LogP contribution in [-0.2, 0) is 6.42 Å². The van der Waals surface area contributed by atoms with Crippen LogP contribution in [0.15, 0.2) is 22.7 Å². The Morgan fingerprint density at radius 2 is 2.05 bits per heavy atom. The molecule has 1 unspecified atom stereocenters. The van der Waals surface area contributed by atoms with Crippen molar-refractivity contribution in [1.82, 2.24) is 10.2 Å². The van der Waals surface area contributed by atoms with Crippen LogP contribution in [0.25, 0.3) is 0 Å². The molecule has 1 N–H and O–H groups in total. The standard InChI is InChI=1S/C18H27BrN2/c1-2-3-10-21-11-8-16(9-12-21)20-18-7-4-14-13-15(19)5-6-17(14)18/h5-6,13,16,18,20H,2-4,7-12H2,1H3. The van der Waals surface area contributed by atoms with Crippen molar-refractivity contribution >= 4 is 15.9 Å². The van der Waals surface area contributed by atoms with Crippen molar-refractivity contribution in [2.75, 3.05) is 19.6 Å². The van der Waals surface area contributed by atoms with Gasteiger partial charge in [0.15, 0.2) is 0 Å². The number of nitrogens with one attached hydrogen (secondary N) is 1. The number of hydrogen-bond donors (Lipinski definition) is 1. The van der Waals surface area contributed by atoms with Crippen molar-refractivity contribution in [3.05, 3.63) is 33.8 Å². The molecule has 1 fully saturated rings. The zero-order valence-corrected chi connectivity index (χ0v) is 14.7. The SMILES string of the molecule is CCCCN1CCC(NC2CCc3cc(Br)ccc32)CC1. The largest absolute Gasteiger partial charge is 0.307 e. The predicted molar refractivity (Wildman–Crippen MR) is 92.7 cm³/mol. The Hall–Kier alpha value is -0.380. The number of benzene rings is 1. The van der Waals surface area contributed by atoms with Gasteiger partial charge >= 0.3 is 0 Å². The highest BCUT2D eigenvalue weighted by Crippen LogP contribution is 2.33. The second kappa shape index (κ2) is 7.26. The van der Waals surface area contributed by atoms with E-state index in [0.29, 0.717) is 12.1 Å². The molecular formula is C18H27BrN2. The minimum atomic E-state index is 0.584. The molecular weight excluding hydrogens is 324 g/mol. The first-order valence-corrected chi connectivity index (χ1v) is 9.32. The van der Waals surface area contributed by atoms with E-state index < -0.39 is 0 Å². The zero-order chi connectivity index (χ0) is 14.7. The molecule has 1 aromatic rings. The maximum Gasteiger partial charge on any atom is 0.0328 e. The number of aryl methyl sites for hydroxylation is 1. The highest BCUT2D eigenvalue weighted by atomic mass is 79.9. The van der Waals surface area contributed by atoms with Gasteiger partial charge in [0, 0.05) is 16.6 Å². The van der Waals surface area contributed by atoms with E-state index >= 15 is 0 Å². The van der Waals surface area contributed by atoms with Gasteiger partial charge in [0.1, 0.15) is 0 Å². The third-order valence-electron chi connectivity index (χ3n) is 5.04. The summed E-state index contributed by atoms with van der Waals surface area (Å²) in [6.07, 6.45) is 7.78. The predicted octanol–water partition coefficient (Wildman–Crippen LogP) is 4.29. The van der Waals surface area contributed by atoms with Gasteiger partial charge in [-0.2, -0.15) is 0 Å². The van der Waals surface area contributed by atoms with Crippen molar-refractivity contribution < 1.29 is 0 Å². The van der Waals surface area contributed by atoms with Crippen LogP contribution in [0.2, 0.25) is 0 Å². The molecule has 21 heavy (non-hydrogen) atoms. The summed E-state index contributed by atoms with van der Waals surface area (Å²) in [5.74, 6) is 0. The molecule has 1 saturated heterocycles. The number of halogens is 1. The molecule has 0 aromatic heterocycles. The Balaban J connectivity index is 1.51. The molecule has 1 aliphatic carbocycles. The van der Waals surface area contributed by atoms with Crippen molar-refractivity contribution in [1.29, 1.82) is 0 Å². The average Bonchev–Trinajstić information content (AvgIpc) is 2.88. The Morgan fingerprint density at radius 3 is 2.81 bits per heavy atom. The average molecular weight is 351 g/mol. The van der Waals surface area contributed by atoms with Crippen LogP contribution >= 0.6 is 15.9 Å². The summed E-state index contributed by atoms with van der Waals surface area (Å²) in [7, 11) is 0. The number of hydrogen-bond acceptors (Lipinski definition) is 2. The molecule has 1 atom stereocenters. The molecule has 0 spiro atoms. The second-order valence-electron chi connectivity index (χ2n) is 6.57. The van der Waals surface area contributed by atoms with Crippen molar-refractivity contribution in [3.63, 3.8) is 0 Å². The number of nitrogens with zero attached hydrogens (tertiary/aromatic N) is 1. The monoisotopic (exact) mass is 350 g/mol. The van der Waals surface area contributed by atoms with Crippen LogP contribution in [0.1, 0.15) is 56.2 Å². The van der Waals surface area contributed by atoms with Crippen LogP contribution in [0.5, 0.6) is 0 Å². The quantitative estimate of drug-likeness (QED) is 0.851. The van der Waals surface area contributed by atoms with E-state index in [9.17, 15) is 0 Å². The fourth-order valence-corrected chi connectivity index (χ4v) is 4.16. The van der Waals surface area contributed by atoms with Gasteiger partial charge in [-0.05, 0) is 75.0 Å². The van der Waals surface area contributed by atoms with Crippen molar-refractivity contribution in [3.8, 4) is 0 Å². The highest BCUT2D eigenvalue weighted by molar-refractivity contribution is 9.10. The van der Waals surface area contributed by atoms with Gasteiger partial charge < -0.3 is 10.2 Å². The van der Waals surface area contributed by atoms with Crippen molar-refractivity contribution in [2.45, 2.75) is 57.5 Å². The van der Waals surface area contributed by atoms with Crippen molar-refractivity contribution in [2.24, 2.45) is 0 Å². The Labute approximate surface area is 137 Å². The van der Waals surface area contributed by atoms with E-state index in [-0.39, 0.29) is 0 Å². The lowest BCUT2D eigenvalue weighted by molar-refractivity contribution is 0.188. The van der Waals surface area contributed by atoms with Gasteiger partial charge in [0.05, 0.1) is 0 Å². The fourth-order valence-electron chi connectivity index (χ4n) is 3.75. The lowest BCUT2D eigenvalue weighted by atomic mass is 10.0. The smallest absolute Gasteiger partial charge is 0.0328 e. The topological polar surface area (TPSA) is 15.3 Å². The fraction of sp³-hybridized carbons (Fsp3) is 0.667. The minimum Gasteiger partial charge on any atom is -0.307 e. The lowest BCUT2D eigenvalue weighted by Crippen LogP contribution is -2.43. The summed E-state index contributed by atoms with van der Waals surface area (Å²) in [4.78, 5) is 2.64. The molecule has 1 aromatic carbocycles. The van der Waals surface area contributed by atoms with Gasteiger partial charge in [0.25, 0.3) is 0 Å². The summed E-state index contributed by atoms with van der Waals surface area (Å²) in [6.45, 7) is 6.13. The van der Waals surface area contributed by atoms with E-state index in [0.717, 1.165) is 0 Å². The van der Waals surface area contributed by atoms with E-state index in [1.165, 1.54) is 73.8 Å². The molecule has 0 amide bonds. The van der Waals surface area contributed by atoms with Gasteiger partial charge in [-0.15, -0.1) is 0 Å². The second-order valence-corrected chi connectivity index (χ2v) is 7.49. The van der Waals surface area contributed by atoms with E-state index in [4.69, 9.17) is 0 Å². The maximum atomic E-state index is 3.93. The Bertz CT molecular complexity index is 466. The molecule has 3 heteroatoms. The summed E-state index contributed by atoms with van der Waals surface area (Å²) >= 11 is 3.58. The minimum absolute atomic E-state index is 0.584. The third-order valence-corrected chi connectivity index (χ3v) is 5.53. The van der Waals surface area contributed by atoms with Gasteiger partial charge in [-0.25, -0.2) is 0 Å². The normalized spacial score (nSPS) is 23.4. The number of fused-ring (bicyclic) bond motifs is 1.